The number of carbonyl (C=O) groups is 1. The molecular formula is C17H24N4O2S. The molecule has 1 atom stereocenters. The number of anilines is 1. The zero-order valence-electron chi connectivity index (χ0n) is 14.0. The minimum Gasteiger partial charge on any atom is -0.381 e. The largest absolute Gasteiger partial charge is 0.381 e. The number of carbonyl (C=O) groups excluding carboxylic acids is 1. The summed E-state index contributed by atoms with van der Waals surface area (Å²) >= 11 is 1.63. The van der Waals surface area contributed by atoms with Gasteiger partial charge in [-0.05, 0) is 30.2 Å². The van der Waals surface area contributed by atoms with Crippen LogP contribution in [0.3, 0.4) is 0 Å². The topological polar surface area (TPSA) is 79.0 Å². The second-order valence-electron chi connectivity index (χ2n) is 6.41. The van der Waals surface area contributed by atoms with Crippen LogP contribution in [0.4, 0.5) is 5.82 Å². The number of hydrogen-bond donors (Lipinski definition) is 3. The Balaban J connectivity index is 1.62. The average molecular weight is 348 g/mol. The van der Waals surface area contributed by atoms with Crippen molar-refractivity contribution in [2.75, 3.05) is 18.5 Å². The van der Waals surface area contributed by atoms with E-state index in [-0.39, 0.29) is 17.9 Å². The molecule has 130 valence electrons. The Kier molecular flexibility index (Phi) is 5.65. The Morgan fingerprint density at radius 3 is 2.88 bits per heavy atom. The number of H-pyrrole nitrogens is 1. The number of hydrogen-bond acceptors (Lipinski definition) is 5. The second-order valence-corrected chi connectivity index (χ2v) is 7.36. The molecule has 1 aliphatic rings. The predicted octanol–water partition coefficient (Wildman–Crippen LogP) is 2.87. The van der Waals surface area contributed by atoms with E-state index in [4.69, 9.17) is 4.74 Å². The average Bonchev–Trinajstić information content (AvgIpc) is 3.24. The number of rotatable bonds is 6. The third-order valence-corrected chi connectivity index (χ3v) is 5.10. The molecule has 7 heteroatoms. The maximum atomic E-state index is 12.7. The fourth-order valence-electron chi connectivity index (χ4n) is 2.84. The Labute approximate surface area is 146 Å². The first-order valence-corrected chi connectivity index (χ1v) is 9.25. The summed E-state index contributed by atoms with van der Waals surface area (Å²) in [6.07, 6.45) is 1.89. The molecule has 2 aromatic rings. The van der Waals surface area contributed by atoms with Crippen molar-refractivity contribution < 1.29 is 9.53 Å². The van der Waals surface area contributed by atoms with Crippen molar-refractivity contribution in [3.63, 3.8) is 0 Å². The molecule has 0 aromatic carbocycles. The first-order chi connectivity index (χ1) is 11.6. The highest BCUT2D eigenvalue weighted by molar-refractivity contribution is 7.13. The zero-order chi connectivity index (χ0) is 16.9. The van der Waals surface area contributed by atoms with Crippen molar-refractivity contribution in [2.45, 2.75) is 38.8 Å². The Morgan fingerprint density at radius 1 is 1.42 bits per heavy atom. The molecule has 6 nitrogen and oxygen atoms in total. The van der Waals surface area contributed by atoms with Gasteiger partial charge in [-0.25, -0.2) is 0 Å². The van der Waals surface area contributed by atoms with Crippen molar-refractivity contribution in [2.24, 2.45) is 5.92 Å². The summed E-state index contributed by atoms with van der Waals surface area (Å²) in [6, 6.07) is 5.97. The van der Waals surface area contributed by atoms with Crippen LogP contribution in [0.15, 0.2) is 23.6 Å². The molecule has 1 saturated heterocycles. The standard InChI is InChI=1S/C17H24N4O2S/c1-11(2)16(18-12-5-7-23-8-6-12)17(22)19-15-10-13(20-21-15)14-4-3-9-24-14/h3-4,9-12,16,18H,5-8H2,1-2H3,(H2,19,20,21,22)/t16-/m1/s1. The number of aromatic amines is 1. The van der Waals surface area contributed by atoms with Gasteiger partial charge < -0.3 is 15.4 Å². The highest BCUT2D eigenvalue weighted by atomic mass is 32.1. The van der Waals surface area contributed by atoms with E-state index >= 15 is 0 Å². The first kappa shape index (κ1) is 17.1. The summed E-state index contributed by atoms with van der Waals surface area (Å²) in [5.41, 5.74) is 0.916. The molecule has 3 N–H and O–H groups in total. The summed E-state index contributed by atoms with van der Waals surface area (Å²) in [5.74, 6) is 0.715. The smallest absolute Gasteiger partial charge is 0.242 e. The van der Waals surface area contributed by atoms with Crippen molar-refractivity contribution in [3.8, 4) is 10.6 Å². The van der Waals surface area contributed by atoms with Crippen molar-refractivity contribution in [3.05, 3.63) is 23.6 Å². The quantitative estimate of drug-likeness (QED) is 0.750. The molecule has 0 spiro atoms. The summed E-state index contributed by atoms with van der Waals surface area (Å²) in [5, 5.41) is 15.6. The first-order valence-electron chi connectivity index (χ1n) is 8.37. The maximum Gasteiger partial charge on any atom is 0.242 e. The summed E-state index contributed by atoms with van der Waals surface area (Å²) in [4.78, 5) is 13.8. The van der Waals surface area contributed by atoms with Gasteiger partial charge in [0.15, 0.2) is 5.82 Å². The predicted molar refractivity (Wildman–Crippen MR) is 96.1 cm³/mol. The molecule has 1 amide bonds. The van der Waals surface area contributed by atoms with Crippen molar-refractivity contribution >= 4 is 23.1 Å². The van der Waals surface area contributed by atoms with E-state index in [1.165, 1.54) is 0 Å². The number of amides is 1. The number of aromatic nitrogens is 2. The SMILES string of the molecule is CC(C)[C@@H](NC1CCOCC1)C(=O)Nc1cc(-c2cccs2)[nH]n1. The molecule has 0 radical (unpaired) electrons. The third kappa shape index (κ3) is 4.23. The summed E-state index contributed by atoms with van der Waals surface area (Å²) in [6.45, 7) is 5.62. The van der Waals surface area contributed by atoms with Crippen LogP contribution in [0.25, 0.3) is 10.6 Å². The molecule has 3 heterocycles. The van der Waals surface area contributed by atoms with Crippen LogP contribution >= 0.6 is 11.3 Å². The lowest BCUT2D eigenvalue weighted by Crippen LogP contribution is -2.50. The van der Waals surface area contributed by atoms with Crippen LogP contribution < -0.4 is 10.6 Å². The molecular weight excluding hydrogens is 324 g/mol. The Bertz CT molecular complexity index is 647. The number of nitrogens with zero attached hydrogens (tertiary/aromatic N) is 1. The lowest BCUT2D eigenvalue weighted by atomic mass is 10.00. The monoisotopic (exact) mass is 348 g/mol. The molecule has 0 saturated carbocycles. The van der Waals surface area contributed by atoms with Crippen LogP contribution in [0.2, 0.25) is 0 Å². The zero-order valence-corrected chi connectivity index (χ0v) is 14.9. The summed E-state index contributed by atoms with van der Waals surface area (Å²) in [7, 11) is 0. The van der Waals surface area contributed by atoms with E-state index in [0.717, 1.165) is 36.6 Å². The fraction of sp³-hybridized carbons (Fsp3) is 0.529. The van der Waals surface area contributed by atoms with Gasteiger partial charge in [-0.2, -0.15) is 5.10 Å². The molecule has 3 rings (SSSR count). The van der Waals surface area contributed by atoms with Crippen molar-refractivity contribution in [1.29, 1.82) is 0 Å². The van der Waals surface area contributed by atoms with Gasteiger partial charge in [0, 0.05) is 25.3 Å². The van der Waals surface area contributed by atoms with Crippen LogP contribution in [0.1, 0.15) is 26.7 Å². The Hall–Kier alpha value is -1.70. The fourth-order valence-corrected chi connectivity index (χ4v) is 3.53. The lowest BCUT2D eigenvalue weighted by Gasteiger charge is -2.29. The molecule has 24 heavy (non-hydrogen) atoms. The molecule has 0 unspecified atom stereocenters. The normalized spacial score (nSPS) is 17.1. The highest BCUT2D eigenvalue weighted by Crippen LogP contribution is 2.24. The van der Waals surface area contributed by atoms with Gasteiger partial charge in [-0.1, -0.05) is 19.9 Å². The minimum atomic E-state index is -0.241. The van der Waals surface area contributed by atoms with E-state index in [1.807, 2.05) is 23.6 Å². The van der Waals surface area contributed by atoms with E-state index in [0.29, 0.717) is 11.9 Å². The number of nitrogens with one attached hydrogen (secondary N) is 3. The Morgan fingerprint density at radius 2 is 2.21 bits per heavy atom. The van der Waals surface area contributed by atoms with Crippen LogP contribution in [0, 0.1) is 5.92 Å². The van der Waals surface area contributed by atoms with Gasteiger partial charge in [0.05, 0.1) is 16.6 Å². The van der Waals surface area contributed by atoms with Gasteiger partial charge in [-0.3, -0.25) is 9.89 Å². The third-order valence-electron chi connectivity index (χ3n) is 4.20. The van der Waals surface area contributed by atoms with Gasteiger partial charge in [-0.15, -0.1) is 11.3 Å². The van der Waals surface area contributed by atoms with Crippen LogP contribution in [0.5, 0.6) is 0 Å². The second kappa shape index (κ2) is 7.92. The molecule has 1 fully saturated rings. The number of ether oxygens (including phenoxy) is 1. The minimum absolute atomic E-state index is 0.0410. The van der Waals surface area contributed by atoms with E-state index in [2.05, 4.69) is 34.7 Å². The number of thiophene rings is 1. The van der Waals surface area contributed by atoms with E-state index in [9.17, 15) is 4.79 Å². The highest BCUT2D eigenvalue weighted by Gasteiger charge is 2.26. The summed E-state index contributed by atoms with van der Waals surface area (Å²) < 4.78 is 5.38. The molecule has 0 bridgehead atoms. The van der Waals surface area contributed by atoms with Crippen LogP contribution in [-0.2, 0) is 9.53 Å². The van der Waals surface area contributed by atoms with Crippen molar-refractivity contribution in [1.82, 2.24) is 15.5 Å². The van der Waals surface area contributed by atoms with Crippen LogP contribution in [-0.4, -0.2) is 41.4 Å². The molecule has 1 aliphatic heterocycles. The van der Waals surface area contributed by atoms with E-state index < -0.39 is 0 Å². The molecule has 2 aromatic heterocycles. The van der Waals surface area contributed by atoms with Gasteiger partial charge in [0.1, 0.15) is 0 Å². The molecule has 0 aliphatic carbocycles. The van der Waals surface area contributed by atoms with Gasteiger partial charge in [0.2, 0.25) is 5.91 Å². The lowest BCUT2D eigenvalue weighted by molar-refractivity contribution is -0.119. The van der Waals surface area contributed by atoms with E-state index in [1.54, 1.807) is 11.3 Å². The maximum absolute atomic E-state index is 12.7. The van der Waals surface area contributed by atoms with Gasteiger partial charge in [0.25, 0.3) is 0 Å². The van der Waals surface area contributed by atoms with Gasteiger partial charge >= 0.3 is 0 Å².